The van der Waals surface area contributed by atoms with Crippen molar-refractivity contribution < 1.29 is 9.90 Å². The van der Waals surface area contributed by atoms with Crippen LogP contribution in [0.3, 0.4) is 0 Å². The first-order valence-electron chi connectivity index (χ1n) is 7.69. The summed E-state index contributed by atoms with van der Waals surface area (Å²) in [7, 11) is 0. The Bertz CT molecular complexity index is 661. The molecular formula is C20H24O2. The van der Waals surface area contributed by atoms with Gasteiger partial charge >= 0.3 is 5.97 Å². The van der Waals surface area contributed by atoms with Crippen molar-refractivity contribution in [1.29, 1.82) is 0 Å². The molecule has 0 aromatic heterocycles. The van der Waals surface area contributed by atoms with E-state index >= 15 is 0 Å². The second kappa shape index (κ2) is 6.35. The average Bonchev–Trinajstić information content (AvgIpc) is 2.45. The smallest absolute Gasteiger partial charge is 0.303 e. The van der Waals surface area contributed by atoms with E-state index in [9.17, 15) is 4.79 Å². The van der Waals surface area contributed by atoms with Crippen molar-refractivity contribution in [2.24, 2.45) is 0 Å². The summed E-state index contributed by atoms with van der Waals surface area (Å²) in [5.41, 5.74) is 6.04. The molecule has 0 spiro atoms. The fraction of sp³-hybridized carbons (Fsp3) is 0.350. The van der Waals surface area contributed by atoms with E-state index in [4.69, 9.17) is 5.11 Å². The lowest BCUT2D eigenvalue weighted by Crippen LogP contribution is -2.10. The van der Waals surface area contributed by atoms with Crippen LogP contribution in [0.2, 0.25) is 0 Å². The highest BCUT2D eigenvalue weighted by Crippen LogP contribution is 2.27. The average molecular weight is 296 g/mol. The van der Waals surface area contributed by atoms with Gasteiger partial charge in [-0.2, -0.15) is 0 Å². The summed E-state index contributed by atoms with van der Waals surface area (Å²) in [6, 6.07) is 14.9. The van der Waals surface area contributed by atoms with Crippen molar-refractivity contribution >= 4 is 5.97 Å². The Hall–Kier alpha value is -2.09. The minimum Gasteiger partial charge on any atom is -0.481 e. The Labute approximate surface area is 132 Å². The molecule has 0 atom stereocenters. The van der Waals surface area contributed by atoms with Gasteiger partial charge in [0.1, 0.15) is 0 Å². The quantitative estimate of drug-likeness (QED) is 0.864. The maximum absolute atomic E-state index is 10.8. The number of benzene rings is 2. The molecule has 0 radical (unpaired) electrons. The molecule has 0 heterocycles. The van der Waals surface area contributed by atoms with E-state index in [2.05, 4.69) is 63.2 Å². The number of carboxylic acids is 1. The van der Waals surface area contributed by atoms with Gasteiger partial charge in [0.15, 0.2) is 0 Å². The van der Waals surface area contributed by atoms with E-state index < -0.39 is 5.97 Å². The van der Waals surface area contributed by atoms with E-state index in [1.165, 1.54) is 11.1 Å². The largest absolute Gasteiger partial charge is 0.481 e. The van der Waals surface area contributed by atoms with Crippen molar-refractivity contribution in [2.75, 3.05) is 0 Å². The van der Waals surface area contributed by atoms with Crippen LogP contribution in [0.4, 0.5) is 0 Å². The first-order chi connectivity index (χ1) is 10.3. The van der Waals surface area contributed by atoms with E-state index in [1.807, 2.05) is 6.92 Å². The maximum atomic E-state index is 10.8. The number of carboxylic acid groups (broad SMARTS) is 1. The summed E-state index contributed by atoms with van der Waals surface area (Å²) in [4.78, 5) is 10.8. The maximum Gasteiger partial charge on any atom is 0.303 e. The molecule has 2 aromatic rings. The Morgan fingerprint density at radius 2 is 1.59 bits per heavy atom. The molecular weight excluding hydrogens is 272 g/mol. The third-order valence-corrected chi connectivity index (χ3v) is 4.04. The van der Waals surface area contributed by atoms with Gasteiger partial charge < -0.3 is 5.11 Å². The highest BCUT2D eigenvalue weighted by molar-refractivity contribution is 5.68. The van der Waals surface area contributed by atoms with Crippen molar-refractivity contribution in [3.8, 4) is 11.1 Å². The minimum absolute atomic E-state index is 0.151. The van der Waals surface area contributed by atoms with Gasteiger partial charge in [-0.05, 0) is 46.6 Å². The van der Waals surface area contributed by atoms with Gasteiger partial charge in [0.25, 0.3) is 0 Å². The highest BCUT2D eigenvalue weighted by atomic mass is 16.4. The predicted molar refractivity (Wildman–Crippen MR) is 91.3 cm³/mol. The van der Waals surface area contributed by atoms with E-state index in [0.717, 1.165) is 16.7 Å². The van der Waals surface area contributed by atoms with Crippen LogP contribution in [0.1, 0.15) is 43.9 Å². The molecule has 2 rings (SSSR count). The van der Waals surface area contributed by atoms with Gasteiger partial charge in [0.05, 0.1) is 0 Å². The van der Waals surface area contributed by atoms with Crippen LogP contribution in [0.5, 0.6) is 0 Å². The van der Waals surface area contributed by atoms with Crippen molar-refractivity contribution in [2.45, 2.75) is 46.0 Å². The Morgan fingerprint density at radius 1 is 1.00 bits per heavy atom. The molecule has 0 amide bonds. The third-order valence-electron chi connectivity index (χ3n) is 4.04. The van der Waals surface area contributed by atoms with Gasteiger partial charge in [-0.1, -0.05) is 63.2 Å². The monoisotopic (exact) mass is 296 g/mol. The second-order valence-corrected chi connectivity index (χ2v) is 6.86. The van der Waals surface area contributed by atoms with Crippen LogP contribution >= 0.6 is 0 Å². The van der Waals surface area contributed by atoms with Crippen molar-refractivity contribution in [1.82, 2.24) is 0 Å². The molecule has 2 nitrogen and oxygen atoms in total. The first kappa shape index (κ1) is 16.3. The number of aliphatic carboxylic acids is 1. The SMILES string of the molecule is Cc1ccc(-c2ccc(C(C)(C)C)cc2)cc1CCC(=O)O. The highest BCUT2D eigenvalue weighted by Gasteiger charge is 2.13. The summed E-state index contributed by atoms with van der Waals surface area (Å²) in [5.74, 6) is -0.751. The third kappa shape index (κ3) is 3.97. The van der Waals surface area contributed by atoms with Crippen LogP contribution in [-0.4, -0.2) is 11.1 Å². The van der Waals surface area contributed by atoms with E-state index in [-0.39, 0.29) is 11.8 Å². The summed E-state index contributed by atoms with van der Waals surface area (Å²) in [6.45, 7) is 8.65. The summed E-state index contributed by atoms with van der Waals surface area (Å²) < 4.78 is 0. The molecule has 116 valence electrons. The number of carbonyl (C=O) groups is 1. The van der Waals surface area contributed by atoms with Crippen LogP contribution in [-0.2, 0) is 16.6 Å². The molecule has 0 saturated heterocycles. The van der Waals surface area contributed by atoms with Gasteiger partial charge in [-0.25, -0.2) is 0 Å². The van der Waals surface area contributed by atoms with Gasteiger partial charge in [-0.15, -0.1) is 0 Å². The lowest BCUT2D eigenvalue weighted by molar-refractivity contribution is -0.136. The summed E-state index contributed by atoms with van der Waals surface area (Å²) in [6.07, 6.45) is 0.752. The molecule has 0 unspecified atom stereocenters. The van der Waals surface area contributed by atoms with Crippen LogP contribution in [0.25, 0.3) is 11.1 Å². The molecule has 2 heteroatoms. The van der Waals surface area contributed by atoms with E-state index in [1.54, 1.807) is 0 Å². The second-order valence-electron chi connectivity index (χ2n) is 6.86. The Morgan fingerprint density at radius 3 is 2.14 bits per heavy atom. The predicted octanol–water partition coefficient (Wildman–Crippen LogP) is 4.98. The zero-order valence-corrected chi connectivity index (χ0v) is 13.8. The molecule has 22 heavy (non-hydrogen) atoms. The summed E-state index contributed by atoms with van der Waals surface area (Å²) in [5, 5.41) is 8.86. The zero-order valence-electron chi connectivity index (χ0n) is 13.8. The number of rotatable bonds is 4. The molecule has 0 bridgehead atoms. The number of hydrogen-bond donors (Lipinski definition) is 1. The summed E-state index contributed by atoms with van der Waals surface area (Å²) >= 11 is 0. The Balaban J connectivity index is 2.29. The lowest BCUT2D eigenvalue weighted by Gasteiger charge is -2.19. The fourth-order valence-corrected chi connectivity index (χ4v) is 2.52. The van der Waals surface area contributed by atoms with E-state index in [0.29, 0.717) is 6.42 Å². The molecule has 1 N–H and O–H groups in total. The molecule has 0 saturated carbocycles. The van der Waals surface area contributed by atoms with Crippen LogP contribution < -0.4 is 0 Å². The van der Waals surface area contributed by atoms with Gasteiger partial charge in [0, 0.05) is 6.42 Å². The molecule has 2 aromatic carbocycles. The topological polar surface area (TPSA) is 37.3 Å². The molecule has 0 aliphatic carbocycles. The lowest BCUT2D eigenvalue weighted by atomic mass is 9.86. The normalized spacial score (nSPS) is 11.5. The van der Waals surface area contributed by atoms with Crippen molar-refractivity contribution in [3.05, 3.63) is 59.2 Å². The standard InChI is InChI=1S/C20H24O2/c1-14-5-6-17(13-16(14)9-12-19(21)22)15-7-10-18(11-8-15)20(2,3)4/h5-8,10-11,13H,9,12H2,1-4H3,(H,21,22). The molecule has 0 aliphatic rings. The first-order valence-corrected chi connectivity index (χ1v) is 7.69. The van der Waals surface area contributed by atoms with Crippen molar-refractivity contribution in [3.63, 3.8) is 0 Å². The minimum atomic E-state index is -0.751. The molecule has 0 aliphatic heterocycles. The van der Waals surface area contributed by atoms with Crippen LogP contribution in [0, 0.1) is 6.92 Å². The molecule has 0 fully saturated rings. The van der Waals surface area contributed by atoms with Gasteiger partial charge in [0.2, 0.25) is 0 Å². The number of aryl methyl sites for hydroxylation is 2. The fourth-order valence-electron chi connectivity index (χ4n) is 2.52. The zero-order chi connectivity index (χ0) is 16.3. The Kier molecular flexibility index (Phi) is 4.70. The van der Waals surface area contributed by atoms with Gasteiger partial charge in [-0.3, -0.25) is 4.79 Å². The van der Waals surface area contributed by atoms with Crippen LogP contribution in [0.15, 0.2) is 42.5 Å². The number of hydrogen-bond acceptors (Lipinski definition) is 1.